The van der Waals surface area contributed by atoms with Gasteiger partial charge in [0, 0.05) is 5.69 Å². The Labute approximate surface area is 103 Å². The molecular formula is C16H19N. The summed E-state index contributed by atoms with van der Waals surface area (Å²) in [6.07, 6.45) is 1.08. The van der Waals surface area contributed by atoms with Gasteiger partial charge in [0.15, 0.2) is 0 Å². The summed E-state index contributed by atoms with van der Waals surface area (Å²) >= 11 is 0. The van der Waals surface area contributed by atoms with E-state index >= 15 is 0 Å². The standard InChI is InChI=1S/C16H19N/c1-3-16(14-11-9-13(2)10-12-14)17-15-7-5-4-6-8-15/h4-12,16-17H,3H2,1-2H3. The van der Waals surface area contributed by atoms with Crippen molar-refractivity contribution in [2.24, 2.45) is 0 Å². The highest BCUT2D eigenvalue weighted by molar-refractivity contribution is 5.45. The van der Waals surface area contributed by atoms with E-state index in [1.807, 2.05) is 6.07 Å². The maximum atomic E-state index is 3.56. The first-order valence-electron chi connectivity index (χ1n) is 6.17. The second kappa shape index (κ2) is 5.53. The third-order valence-corrected chi connectivity index (χ3v) is 3.00. The molecule has 0 aromatic heterocycles. The topological polar surface area (TPSA) is 12.0 Å². The highest BCUT2D eigenvalue weighted by Crippen LogP contribution is 2.22. The largest absolute Gasteiger partial charge is 0.378 e. The van der Waals surface area contributed by atoms with Gasteiger partial charge in [-0.15, -0.1) is 0 Å². The first kappa shape index (κ1) is 11.7. The Morgan fingerprint density at radius 3 is 2.18 bits per heavy atom. The van der Waals surface area contributed by atoms with Crippen molar-refractivity contribution < 1.29 is 0 Å². The van der Waals surface area contributed by atoms with Crippen LogP contribution >= 0.6 is 0 Å². The lowest BCUT2D eigenvalue weighted by Gasteiger charge is -2.19. The van der Waals surface area contributed by atoms with Crippen molar-refractivity contribution in [2.75, 3.05) is 5.32 Å². The molecule has 2 rings (SSSR count). The fraction of sp³-hybridized carbons (Fsp3) is 0.250. The van der Waals surface area contributed by atoms with Crippen LogP contribution in [0.5, 0.6) is 0 Å². The van der Waals surface area contributed by atoms with Gasteiger partial charge >= 0.3 is 0 Å². The Balaban J connectivity index is 2.14. The van der Waals surface area contributed by atoms with E-state index in [0.717, 1.165) is 6.42 Å². The molecular weight excluding hydrogens is 206 g/mol. The summed E-state index contributed by atoms with van der Waals surface area (Å²) in [5.74, 6) is 0. The number of para-hydroxylation sites is 1. The zero-order valence-corrected chi connectivity index (χ0v) is 10.5. The summed E-state index contributed by atoms with van der Waals surface area (Å²) in [7, 11) is 0. The molecule has 1 N–H and O–H groups in total. The molecule has 0 aliphatic rings. The average Bonchev–Trinajstić information content (AvgIpc) is 2.38. The third-order valence-electron chi connectivity index (χ3n) is 3.00. The van der Waals surface area contributed by atoms with Crippen LogP contribution in [0.2, 0.25) is 0 Å². The maximum Gasteiger partial charge on any atom is 0.0511 e. The monoisotopic (exact) mass is 225 g/mol. The van der Waals surface area contributed by atoms with E-state index in [1.165, 1.54) is 16.8 Å². The molecule has 1 atom stereocenters. The lowest BCUT2D eigenvalue weighted by molar-refractivity contribution is 0.749. The van der Waals surface area contributed by atoms with Gasteiger partial charge in [-0.2, -0.15) is 0 Å². The molecule has 0 amide bonds. The molecule has 1 heteroatoms. The molecule has 2 aromatic rings. The molecule has 0 spiro atoms. The van der Waals surface area contributed by atoms with Crippen LogP contribution < -0.4 is 5.32 Å². The molecule has 0 heterocycles. The van der Waals surface area contributed by atoms with Crippen LogP contribution in [0, 0.1) is 6.92 Å². The number of hydrogen-bond donors (Lipinski definition) is 1. The molecule has 0 fully saturated rings. The van der Waals surface area contributed by atoms with Crippen molar-refractivity contribution in [1.29, 1.82) is 0 Å². The lowest BCUT2D eigenvalue weighted by atomic mass is 10.0. The first-order valence-corrected chi connectivity index (χ1v) is 6.17. The normalized spacial score (nSPS) is 12.1. The van der Waals surface area contributed by atoms with Gasteiger partial charge < -0.3 is 5.32 Å². The van der Waals surface area contributed by atoms with Gasteiger partial charge in [0.2, 0.25) is 0 Å². The second-order valence-corrected chi connectivity index (χ2v) is 4.38. The fourth-order valence-electron chi connectivity index (χ4n) is 1.96. The minimum atomic E-state index is 0.387. The van der Waals surface area contributed by atoms with Crippen molar-refractivity contribution in [3.63, 3.8) is 0 Å². The molecule has 1 unspecified atom stereocenters. The van der Waals surface area contributed by atoms with Crippen molar-refractivity contribution in [1.82, 2.24) is 0 Å². The van der Waals surface area contributed by atoms with E-state index in [2.05, 4.69) is 67.7 Å². The Morgan fingerprint density at radius 1 is 0.941 bits per heavy atom. The molecule has 0 bridgehead atoms. The number of benzene rings is 2. The number of hydrogen-bond acceptors (Lipinski definition) is 1. The highest BCUT2D eigenvalue weighted by atomic mass is 14.9. The van der Waals surface area contributed by atoms with Gasteiger partial charge in [-0.05, 0) is 31.0 Å². The zero-order valence-electron chi connectivity index (χ0n) is 10.5. The third kappa shape index (κ3) is 3.10. The lowest BCUT2D eigenvalue weighted by Crippen LogP contribution is -2.09. The fourth-order valence-corrected chi connectivity index (χ4v) is 1.96. The van der Waals surface area contributed by atoms with E-state index in [-0.39, 0.29) is 0 Å². The van der Waals surface area contributed by atoms with Crippen molar-refractivity contribution in [3.8, 4) is 0 Å². The van der Waals surface area contributed by atoms with Crippen LogP contribution in [0.4, 0.5) is 5.69 Å². The van der Waals surface area contributed by atoms with Crippen LogP contribution in [0.25, 0.3) is 0 Å². The Kier molecular flexibility index (Phi) is 3.81. The van der Waals surface area contributed by atoms with Gasteiger partial charge in [0.25, 0.3) is 0 Å². The molecule has 1 nitrogen and oxygen atoms in total. The van der Waals surface area contributed by atoms with Crippen LogP contribution in [0.3, 0.4) is 0 Å². The highest BCUT2D eigenvalue weighted by Gasteiger charge is 2.08. The van der Waals surface area contributed by atoms with E-state index < -0.39 is 0 Å². The van der Waals surface area contributed by atoms with Crippen LogP contribution in [0.15, 0.2) is 54.6 Å². The molecule has 0 saturated carbocycles. The average molecular weight is 225 g/mol. The van der Waals surface area contributed by atoms with Gasteiger partial charge in [0.05, 0.1) is 6.04 Å². The number of aryl methyl sites for hydroxylation is 1. The number of anilines is 1. The quantitative estimate of drug-likeness (QED) is 0.804. The molecule has 88 valence electrons. The van der Waals surface area contributed by atoms with Gasteiger partial charge in [0.1, 0.15) is 0 Å². The molecule has 0 saturated heterocycles. The summed E-state index contributed by atoms with van der Waals surface area (Å²) in [5, 5.41) is 3.56. The maximum absolute atomic E-state index is 3.56. The molecule has 0 aliphatic carbocycles. The SMILES string of the molecule is CCC(Nc1ccccc1)c1ccc(C)cc1. The number of nitrogens with one attached hydrogen (secondary N) is 1. The van der Waals surface area contributed by atoms with Crippen LogP contribution in [-0.2, 0) is 0 Å². The minimum absolute atomic E-state index is 0.387. The van der Waals surface area contributed by atoms with Crippen molar-refractivity contribution in [3.05, 3.63) is 65.7 Å². The minimum Gasteiger partial charge on any atom is -0.378 e. The van der Waals surface area contributed by atoms with Gasteiger partial charge in [-0.3, -0.25) is 0 Å². The van der Waals surface area contributed by atoms with E-state index in [0.29, 0.717) is 6.04 Å². The van der Waals surface area contributed by atoms with Gasteiger partial charge in [-0.1, -0.05) is 55.0 Å². The predicted molar refractivity (Wildman–Crippen MR) is 74.3 cm³/mol. The predicted octanol–water partition coefficient (Wildman–Crippen LogP) is 4.56. The van der Waals surface area contributed by atoms with Crippen LogP contribution in [-0.4, -0.2) is 0 Å². The summed E-state index contributed by atoms with van der Waals surface area (Å²) in [4.78, 5) is 0. The molecule has 2 aromatic carbocycles. The summed E-state index contributed by atoms with van der Waals surface area (Å²) in [6.45, 7) is 4.33. The van der Waals surface area contributed by atoms with Crippen molar-refractivity contribution >= 4 is 5.69 Å². The Bertz CT molecular complexity index is 445. The summed E-state index contributed by atoms with van der Waals surface area (Å²) in [5.41, 5.74) is 3.84. The number of rotatable bonds is 4. The van der Waals surface area contributed by atoms with Crippen LogP contribution in [0.1, 0.15) is 30.5 Å². The zero-order chi connectivity index (χ0) is 12.1. The van der Waals surface area contributed by atoms with Crippen molar-refractivity contribution in [2.45, 2.75) is 26.3 Å². The first-order chi connectivity index (χ1) is 8.29. The summed E-state index contributed by atoms with van der Waals surface area (Å²) < 4.78 is 0. The summed E-state index contributed by atoms with van der Waals surface area (Å²) in [6, 6.07) is 19.5. The Morgan fingerprint density at radius 2 is 1.59 bits per heavy atom. The molecule has 0 radical (unpaired) electrons. The smallest absolute Gasteiger partial charge is 0.0511 e. The second-order valence-electron chi connectivity index (χ2n) is 4.38. The van der Waals surface area contributed by atoms with E-state index in [4.69, 9.17) is 0 Å². The molecule has 17 heavy (non-hydrogen) atoms. The van der Waals surface area contributed by atoms with E-state index in [1.54, 1.807) is 0 Å². The van der Waals surface area contributed by atoms with Gasteiger partial charge in [-0.25, -0.2) is 0 Å². The molecule has 0 aliphatic heterocycles. The Hall–Kier alpha value is -1.76. The van der Waals surface area contributed by atoms with E-state index in [9.17, 15) is 0 Å².